The minimum atomic E-state index is -0.709. The van der Waals surface area contributed by atoms with Gasteiger partial charge in [0.2, 0.25) is 6.29 Å². The van der Waals surface area contributed by atoms with Crippen LogP contribution in [0.25, 0.3) is 12.2 Å². The van der Waals surface area contributed by atoms with Crippen molar-refractivity contribution >= 4 is 12.2 Å². The molecule has 0 aliphatic rings. The first-order chi connectivity index (χ1) is 12.0. The summed E-state index contributed by atoms with van der Waals surface area (Å²) in [5, 5.41) is 35.9. The van der Waals surface area contributed by atoms with E-state index in [1.54, 1.807) is 50.3 Å². The minimum absolute atomic E-state index is 0.108. The SMILES string of the molecule is C=COC(C)Oc1c(C=C(C#N)C#N)cc(C)cc1C=C(C#N)C#N. The largest absolute Gasteiger partial charge is 0.463 e. The van der Waals surface area contributed by atoms with Gasteiger partial charge < -0.3 is 9.47 Å². The predicted molar refractivity (Wildman–Crippen MR) is 91.0 cm³/mol. The van der Waals surface area contributed by atoms with Gasteiger partial charge in [0, 0.05) is 18.1 Å². The van der Waals surface area contributed by atoms with Crippen molar-refractivity contribution in [2.75, 3.05) is 0 Å². The number of ether oxygens (including phenoxy) is 2. The standard InChI is InChI=1S/C19H14N4O2/c1-4-24-14(3)25-19-17(7-15(9-20)10-21)5-13(2)6-18(19)8-16(11-22)12-23/h4-8,14H,1H2,2-3H3. The molecule has 1 aromatic rings. The number of hydrogen-bond acceptors (Lipinski definition) is 6. The van der Waals surface area contributed by atoms with E-state index in [0.29, 0.717) is 11.1 Å². The molecule has 1 rings (SSSR count). The first kappa shape index (κ1) is 19.0. The van der Waals surface area contributed by atoms with Crippen LogP contribution in [0.1, 0.15) is 23.6 Å². The zero-order valence-electron chi connectivity index (χ0n) is 13.8. The highest BCUT2D eigenvalue weighted by Crippen LogP contribution is 2.31. The molecular formula is C19H14N4O2. The lowest BCUT2D eigenvalue weighted by Crippen LogP contribution is -2.14. The summed E-state index contributed by atoms with van der Waals surface area (Å²) in [5.74, 6) is 0.283. The van der Waals surface area contributed by atoms with E-state index in [2.05, 4.69) is 6.58 Å². The lowest BCUT2D eigenvalue weighted by atomic mass is 10.0. The van der Waals surface area contributed by atoms with Crippen LogP contribution < -0.4 is 4.74 Å². The van der Waals surface area contributed by atoms with E-state index in [9.17, 15) is 0 Å². The molecule has 0 saturated carbocycles. The molecule has 1 aromatic carbocycles. The van der Waals surface area contributed by atoms with Crippen LogP contribution in [-0.2, 0) is 4.74 Å². The Balaban J connectivity index is 3.67. The second-order valence-corrected chi connectivity index (χ2v) is 4.82. The maximum Gasteiger partial charge on any atom is 0.237 e. The molecule has 0 spiro atoms. The molecule has 0 amide bonds. The number of allylic oxidation sites excluding steroid dienone is 2. The molecule has 0 saturated heterocycles. The zero-order chi connectivity index (χ0) is 18.8. The summed E-state index contributed by atoms with van der Waals surface area (Å²) in [6, 6.07) is 10.6. The Hall–Kier alpha value is -4.00. The Kier molecular flexibility index (Phi) is 7.02. The van der Waals surface area contributed by atoms with Crippen LogP contribution in [0.3, 0.4) is 0 Å². The average Bonchev–Trinajstić information content (AvgIpc) is 2.60. The molecule has 122 valence electrons. The average molecular weight is 330 g/mol. The summed E-state index contributed by atoms with van der Waals surface area (Å²) in [6.45, 7) is 6.89. The minimum Gasteiger partial charge on any atom is -0.463 e. The third-order valence-electron chi connectivity index (χ3n) is 2.94. The maximum absolute atomic E-state index is 8.99. The van der Waals surface area contributed by atoms with Crippen LogP contribution in [0, 0.1) is 52.2 Å². The second kappa shape index (κ2) is 9.21. The third-order valence-corrected chi connectivity index (χ3v) is 2.94. The van der Waals surface area contributed by atoms with E-state index in [1.807, 2.05) is 0 Å². The monoisotopic (exact) mass is 330 g/mol. The molecule has 1 unspecified atom stereocenters. The van der Waals surface area contributed by atoms with Crippen LogP contribution in [-0.4, -0.2) is 6.29 Å². The summed E-state index contributed by atoms with van der Waals surface area (Å²) < 4.78 is 10.9. The van der Waals surface area contributed by atoms with Gasteiger partial charge in [0.15, 0.2) is 0 Å². The molecule has 0 heterocycles. The predicted octanol–water partition coefficient (Wildman–Crippen LogP) is 3.74. The quantitative estimate of drug-likeness (QED) is 0.446. The number of benzene rings is 1. The normalized spacial score (nSPS) is 9.84. The van der Waals surface area contributed by atoms with Gasteiger partial charge in [-0.05, 0) is 36.8 Å². The molecule has 1 atom stereocenters. The van der Waals surface area contributed by atoms with E-state index >= 15 is 0 Å². The molecule has 0 fully saturated rings. The van der Waals surface area contributed by atoms with Gasteiger partial charge in [0.25, 0.3) is 0 Å². The fourth-order valence-electron chi connectivity index (χ4n) is 2.00. The van der Waals surface area contributed by atoms with Crippen molar-refractivity contribution < 1.29 is 9.47 Å². The van der Waals surface area contributed by atoms with Gasteiger partial charge in [-0.3, -0.25) is 0 Å². The number of nitrogens with zero attached hydrogens (tertiary/aromatic N) is 4. The summed E-state index contributed by atoms with van der Waals surface area (Å²) in [4.78, 5) is 0. The molecule has 0 N–H and O–H groups in total. The van der Waals surface area contributed by atoms with Crippen LogP contribution >= 0.6 is 0 Å². The van der Waals surface area contributed by atoms with E-state index in [4.69, 9.17) is 30.5 Å². The topological polar surface area (TPSA) is 114 Å². The number of nitriles is 4. The van der Waals surface area contributed by atoms with E-state index < -0.39 is 6.29 Å². The zero-order valence-corrected chi connectivity index (χ0v) is 13.8. The van der Waals surface area contributed by atoms with Crippen molar-refractivity contribution in [1.29, 1.82) is 21.0 Å². The Morgan fingerprint density at radius 3 is 1.80 bits per heavy atom. The summed E-state index contributed by atoms with van der Waals surface area (Å²) in [6.07, 6.45) is 3.26. The number of hydrogen-bond donors (Lipinski definition) is 0. The molecule has 25 heavy (non-hydrogen) atoms. The van der Waals surface area contributed by atoms with Crippen molar-refractivity contribution in [1.82, 2.24) is 0 Å². The summed E-state index contributed by atoms with van der Waals surface area (Å²) >= 11 is 0. The fraction of sp³-hybridized carbons (Fsp3) is 0.158. The second-order valence-electron chi connectivity index (χ2n) is 4.82. The molecule has 0 aliphatic heterocycles. The first-order valence-electron chi connectivity index (χ1n) is 7.10. The highest BCUT2D eigenvalue weighted by molar-refractivity contribution is 5.75. The summed E-state index contributed by atoms with van der Waals surface area (Å²) in [5.41, 5.74) is 1.50. The third kappa shape index (κ3) is 5.29. The highest BCUT2D eigenvalue weighted by Gasteiger charge is 2.14. The van der Waals surface area contributed by atoms with E-state index in [-0.39, 0.29) is 16.9 Å². The Morgan fingerprint density at radius 2 is 1.44 bits per heavy atom. The van der Waals surface area contributed by atoms with Gasteiger partial charge in [0.05, 0.1) is 6.26 Å². The molecule has 0 aromatic heterocycles. The Morgan fingerprint density at radius 1 is 1.00 bits per heavy atom. The molecule has 0 radical (unpaired) electrons. The van der Waals surface area contributed by atoms with Crippen molar-refractivity contribution in [2.45, 2.75) is 20.1 Å². The molecule has 0 bridgehead atoms. The van der Waals surface area contributed by atoms with Crippen molar-refractivity contribution in [3.8, 4) is 30.0 Å². The lowest BCUT2D eigenvalue weighted by molar-refractivity contribution is -0.0134. The lowest BCUT2D eigenvalue weighted by Gasteiger charge is -2.18. The van der Waals surface area contributed by atoms with Crippen molar-refractivity contribution in [3.05, 3.63) is 52.8 Å². The van der Waals surface area contributed by atoms with Crippen molar-refractivity contribution in [3.63, 3.8) is 0 Å². The first-order valence-corrected chi connectivity index (χ1v) is 7.10. The van der Waals surface area contributed by atoms with Crippen LogP contribution in [0.2, 0.25) is 0 Å². The van der Waals surface area contributed by atoms with Gasteiger partial charge in [-0.1, -0.05) is 6.58 Å². The molecular weight excluding hydrogens is 316 g/mol. The number of aryl methyl sites for hydroxylation is 1. The van der Waals surface area contributed by atoms with Crippen LogP contribution in [0.4, 0.5) is 0 Å². The van der Waals surface area contributed by atoms with Gasteiger partial charge in [0.1, 0.15) is 41.2 Å². The molecule has 6 nitrogen and oxygen atoms in total. The van der Waals surface area contributed by atoms with Gasteiger partial charge in [-0.25, -0.2) is 0 Å². The maximum atomic E-state index is 8.99. The van der Waals surface area contributed by atoms with Gasteiger partial charge in [-0.2, -0.15) is 21.0 Å². The van der Waals surface area contributed by atoms with E-state index in [1.165, 1.54) is 18.4 Å². The Labute approximate surface area is 146 Å². The van der Waals surface area contributed by atoms with Crippen molar-refractivity contribution in [2.24, 2.45) is 0 Å². The summed E-state index contributed by atoms with van der Waals surface area (Å²) in [7, 11) is 0. The molecule has 0 aliphatic carbocycles. The number of rotatable bonds is 6. The van der Waals surface area contributed by atoms with Crippen LogP contribution in [0.15, 0.2) is 36.1 Å². The van der Waals surface area contributed by atoms with E-state index in [0.717, 1.165) is 5.56 Å². The Bertz CT molecular complexity index is 804. The molecule has 6 heteroatoms. The smallest absolute Gasteiger partial charge is 0.237 e. The van der Waals surface area contributed by atoms with Crippen LogP contribution in [0.5, 0.6) is 5.75 Å². The fourth-order valence-corrected chi connectivity index (χ4v) is 2.00. The van der Waals surface area contributed by atoms with Gasteiger partial charge >= 0.3 is 0 Å². The highest BCUT2D eigenvalue weighted by atomic mass is 16.7. The van der Waals surface area contributed by atoms with Gasteiger partial charge in [-0.15, -0.1) is 0 Å².